The van der Waals surface area contributed by atoms with Gasteiger partial charge >= 0.3 is 6.85 Å². The van der Waals surface area contributed by atoms with E-state index in [2.05, 4.69) is 221 Å². The van der Waals surface area contributed by atoms with Crippen LogP contribution in [0, 0.1) is 6.92 Å². The maximum absolute atomic E-state index is 7.12. The topological polar surface area (TPSA) is 26.2 Å². The number of nitrogens with zero attached hydrogens (tertiary/aromatic N) is 3. The number of furan rings is 1. The number of benzene rings is 9. The zero-order chi connectivity index (χ0) is 40.6. The Morgan fingerprint density at radius 2 is 1.05 bits per heavy atom. The summed E-state index contributed by atoms with van der Waals surface area (Å²) in [5, 5.41) is 6.09. The van der Waals surface area contributed by atoms with E-state index in [9.17, 15) is 0 Å². The third-order valence-electron chi connectivity index (χ3n) is 13.5. The Labute approximate surface area is 358 Å². The Bertz CT molecular complexity index is 3770. The summed E-state index contributed by atoms with van der Waals surface area (Å²) in [4.78, 5) is 2.58. The van der Waals surface area contributed by atoms with Crippen LogP contribution in [0.2, 0.25) is 0 Å². The van der Waals surface area contributed by atoms with Gasteiger partial charge in [-0.3, -0.25) is 0 Å². The summed E-state index contributed by atoms with van der Waals surface area (Å²) in [6.07, 6.45) is 0. The molecule has 288 valence electrons. The SMILES string of the molecule is Cc1ccc(N2B3c4cc5oc(-c6ccccc6)c(-c6ccccc6)c5cc4-n4c5ccccc5c5c(-n6c7ccccc7c7ccccc76)cc(c3c54)-c3ccccc32)cc1. The Morgan fingerprint density at radius 1 is 0.452 bits per heavy atom. The summed E-state index contributed by atoms with van der Waals surface area (Å²) < 4.78 is 12.2. The number of hydrogen-bond donors (Lipinski definition) is 0. The lowest BCUT2D eigenvalue weighted by Gasteiger charge is -2.42. The van der Waals surface area contributed by atoms with Gasteiger partial charge in [0.05, 0.1) is 27.8 Å². The standard InChI is InChI=1S/C57H36BN3O/c1-35-28-30-38(31-29-35)61-49-27-15-10-22-41(49)43-32-51(59-46-24-12-8-20-39(46)40-21-9-13-25-47(40)59)54-42-23-11-14-26-48(42)60-50-33-44-52(34-45(50)58(61)55(43)56(54)60)62-57(37-18-6-3-7-19-37)53(44)36-16-4-2-5-17-36/h2-34H,1H3. The summed E-state index contributed by atoms with van der Waals surface area (Å²) in [5.41, 5.74) is 19.9. The van der Waals surface area contributed by atoms with Gasteiger partial charge in [-0.2, -0.15) is 0 Å². The Hall–Kier alpha value is -8.02. The quantitative estimate of drug-likeness (QED) is 0.166. The minimum Gasteiger partial charge on any atom is -0.455 e. The molecule has 0 fully saturated rings. The number of para-hydroxylation sites is 4. The normalized spacial score (nSPS) is 12.9. The molecule has 0 N–H and O–H groups in total. The minimum atomic E-state index is -0.154. The van der Waals surface area contributed by atoms with Crippen molar-refractivity contribution in [2.24, 2.45) is 0 Å². The van der Waals surface area contributed by atoms with Crippen molar-refractivity contribution in [2.75, 3.05) is 4.81 Å². The number of anilines is 2. The molecule has 14 rings (SSSR count). The van der Waals surface area contributed by atoms with Crippen LogP contribution < -0.4 is 15.7 Å². The lowest BCUT2D eigenvalue weighted by molar-refractivity contribution is 0.632. The van der Waals surface area contributed by atoms with Crippen molar-refractivity contribution in [1.82, 2.24) is 9.13 Å². The van der Waals surface area contributed by atoms with Crippen LogP contribution in [0.1, 0.15) is 5.56 Å². The molecule has 0 amide bonds. The molecule has 12 aromatic rings. The van der Waals surface area contributed by atoms with Gasteiger partial charge < -0.3 is 18.4 Å². The molecule has 0 radical (unpaired) electrons. The van der Waals surface area contributed by atoms with E-state index >= 15 is 0 Å². The summed E-state index contributed by atoms with van der Waals surface area (Å²) in [7, 11) is 0. The molecule has 9 aromatic carbocycles. The van der Waals surface area contributed by atoms with Gasteiger partial charge in [-0.15, -0.1) is 0 Å². The lowest BCUT2D eigenvalue weighted by atomic mass is 9.44. The van der Waals surface area contributed by atoms with E-state index in [1.165, 1.54) is 88.3 Å². The van der Waals surface area contributed by atoms with Crippen molar-refractivity contribution in [3.8, 4) is 45.0 Å². The number of fused-ring (bicyclic) bond motifs is 12. The molecule has 2 aliphatic heterocycles. The highest BCUT2D eigenvalue weighted by atomic mass is 16.3. The molecule has 4 nitrogen and oxygen atoms in total. The third kappa shape index (κ3) is 4.46. The highest BCUT2D eigenvalue weighted by molar-refractivity contribution is 6.94. The van der Waals surface area contributed by atoms with Crippen molar-refractivity contribution in [1.29, 1.82) is 0 Å². The minimum absolute atomic E-state index is 0.154. The molecule has 0 saturated carbocycles. The molecule has 0 spiro atoms. The summed E-state index contributed by atoms with van der Waals surface area (Å²) >= 11 is 0. The smallest absolute Gasteiger partial charge is 0.333 e. The molecule has 0 saturated heterocycles. The molecule has 5 heteroatoms. The molecular formula is C57H36BN3O. The van der Waals surface area contributed by atoms with Crippen molar-refractivity contribution in [2.45, 2.75) is 6.92 Å². The van der Waals surface area contributed by atoms with E-state index in [1.807, 2.05) is 0 Å². The van der Waals surface area contributed by atoms with Crippen molar-refractivity contribution < 1.29 is 4.42 Å². The molecule has 62 heavy (non-hydrogen) atoms. The van der Waals surface area contributed by atoms with Gasteiger partial charge in [0, 0.05) is 60.7 Å². The molecule has 0 aliphatic carbocycles. The first-order valence-electron chi connectivity index (χ1n) is 21.5. The van der Waals surface area contributed by atoms with Crippen LogP contribution in [0.15, 0.2) is 205 Å². The van der Waals surface area contributed by atoms with Gasteiger partial charge in [0.25, 0.3) is 0 Å². The van der Waals surface area contributed by atoms with Crippen molar-refractivity contribution in [3.05, 3.63) is 206 Å². The maximum atomic E-state index is 7.12. The van der Waals surface area contributed by atoms with E-state index in [4.69, 9.17) is 4.42 Å². The summed E-state index contributed by atoms with van der Waals surface area (Å²) in [5.74, 6) is 0.882. The first-order valence-corrected chi connectivity index (χ1v) is 21.5. The number of rotatable bonds is 4. The van der Waals surface area contributed by atoms with Gasteiger partial charge in [-0.1, -0.05) is 151 Å². The van der Waals surface area contributed by atoms with Crippen molar-refractivity contribution >= 4 is 83.7 Å². The van der Waals surface area contributed by atoms with E-state index < -0.39 is 0 Å². The largest absolute Gasteiger partial charge is 0.455 e. The summed E-state index contributed by atoms with van der Waals surface area (Å²) in [6, 6.07) is 73.4. The van der Waals surface area contributed by atoms with Crippen LogP contribution in [0.25, 0.3) is 99.5 Å². The fraction of sp³-hybridized carbons (Fsp3) is 0.0175. The van der Waals surface area contributed by atoms with Crippen LogP contribution in [-0.2, 0) is 0 Å². The van der Waals surface area contributed by atoms with Gasteiger partial charge in [0.1, 0.15) is 11.3 Å². The Morgan fingerprint density at radius 3 is 1.76 bits per heavy atom. The predicted octanol–water partition coefficient (Wildman–Crippen LogP) is 13.5. The average Bonchev–Trinajstić information content (AvgIpc) is 4.00. The van der Waals surface area contributed by atoms with Gasteiger partial charge in [0.2, 0.25) is 0 Å². The molecule has 0 atom stereocenters. The molecule has 0 bridgehead atoms. The van der Waals surface area contributed by atoms with Crippen LogP contribution in [0.5, 0.6) is 0 Å². The summed E-state index contributed by atoms with van der Waals surface area (Å²) in [6.45, 7) is 2.01. The third-order valence-corrected chi connectivity index (χ3v) is 13.5. The van der Waals surface area contributed by atoms with Crippen LogP contribution in [0.3, 0.4) is 0 Å². The van der Waals surface area contributed by atoms with Gasteiger partial charge in [-0.25, -0.2) is 0 Å². The molecule has 2 aliphatic rings. The fourth-order valence-electron chi connectivity index (χ4n) is 11.0. The Kier molecular flexibility index (Phi) is 6.82. The first-order chi connectivity index (χ1) is 30.7. The van der Waals surface area contributed by atoms with E-state index in [1.54, 1.807) is 0 Å². The van der Waals surface area contributed by atoms with Gasteiger partial charge in [-0.05, 0) is 83.6 Å². The second-order valence-electron chi connectivity index (χ2n) is 16.9. The van der Waals surface area contributed by atoms with E-state index in [0.29, 0.717) is 0 Å². The van der Waals surface area contributed by atoms with E-state index in [-0.39, 0.29) is 6.85 Å². The van der Waals surface area contributed by atoms with Crippen LogP contribution in [0.4, 0.5) is 11.4 Å². The fourth-order valence-corrected chi connectivity index (χ4v) is 11.0. The molecular weight excluding hydrogens is 753 g/mol. The van der Waals surface area contributed by atoms with Crippen LogP contribution >= 0.6 is 0 Å². The Balaban J connectivity index is 1.20. The predicted molar refractivity (Wildman–Crippen MR) is 260 cm³/mol. The zero-order valence-electron chi connectivity index (χ0n) is 33.9. The first kappa shape index (κ1) is 33.8. The molecule has 0 unspecified atom stereocenters. The molecule has 5 heterocycles. The molecule has 3 aromatic heterocycles. The highest BCUT2D eigenvalue weighted by Gasteiger charge is 2.45. The van der Waals surface area contributed by atoms with Gasteiger partial charge in [0.15, 0.2) is 0 Å². The second-order valence-corrected chi connectivity index (χ2v) is 16.9. The number of hydrogen-bond acceptors (Lipinski definition) is 2. The average molecular weight is 790 g/mol. The van der Waals surface area contributed by atoms with Crippen LogP contribution in [-0.4, -0.2) is 16.0 Å². The second kappa shape index (κ2) is 12.5. The highest BCUT2D eigenvalue weighted by Crippen LogP contribution is 2.49. The van der Waals surface area contributed by atoms with E-state index in [0.717, 1.165) is 39.1 Å². The maximum Gasteiger partial charge on any atom is 0.333 e. The number of aryl methyl sites for hydroxylation is 1. The van der Waals surface area contributed by atoms with Crippen molar-refractivity contribution in [3.63, 3.8) is 0 Å². The zero-order valence-corrected chi connectivity index (χ0v) is 33.9. The number of aromatic nitrogens is 2. The lowest BCUT2D eigenvalue weighted by Crippen LogP contribution is -2.60. The monoisotopic (exact) mass is 789 g/mol.